The summed E-state index contributed by atoms with van der Waals surface area (Å²) in [5.74, 6) is -0.442. The van der Waals surface area contributed by atoms with Gasteiger partial charge in [-0.2, -0.15) is 13.2 Å². The number of hydrogen-bond donors (Lipinski definition) is 2. The Hall–Kier alpha value is -4.27. The van der Waals surface area contributed by atoms with Crippen molar-refractivity contribution in [1.29, 1.82) is 0 Å². The number of carbonyl (C=O) groups excluding carboxylic acids is 1. The number of nitrogens with one attached hydrogen (secondary N) is 2. The molecule has 6 nitrogen and oxygen atoms in total. The Labute approximate surface area is 187 Å². The molecule has 2 N–H and O–H groups in total. The van der Waals surface area contributed by atoms with Crippen LogP contribution in [0.4, 0.5) is 30.4 Å². The van der Waals surface area contributed by atoms with E-state index in [1.165, 1.54) is 12.4 Å². The van der Waals surface area contributed by atoms with Gasteiger partial charge in [-0.05, 0) is 48.9 Å². The minimum Gasteiger partial charge on any atom is -0.340 e. The van der Waals surface area contributed by atoms with Crippen molar-refractivity contribution in [3.05, 3.63) is 95.9 Å². The van der Waals surface area contributed by atoms with E-state index in [0.29, 0.717) is 22.5 Å². The Balaban J connectivity index is 1.65. The van der Waals surface area contributed by atoms with Gasteiger partial charge in [0.1, 0.15) is 5.82 Å². The Morgan fingerprint density at radius 1 is 0.939 bits per heavy atom. The lowest BCUT2D eigenvalue weighted by molar-refractivity contribution is -0.141. The molecule has 0 atom stereocenters. The minimum atomic E-state index is -4.66. The van der Waals surface area contributed by atoms with Crippen LogP contribution in [0, 0.1) is 6.92 Å². The van der Waals surface area contributed by atoms with Crippen molar-refractivity contribution in [3.63, 3.8) is 0 Å². The quantitative estimate of drug-likeness (QED) is 0.399. The van der Waals surface area contributed by atoms with Crippen LogP contribution in [-0.2, 0) is 6.18 Å². The number of halogens is 3. The fourth-order valence-electron chi connectivity index (χ4n) is 3.05. The van der Waals surface area contributed by atoms with Crippen LogP contribution in [0.1, 0.15) is 21.6 Å². The van der Waals surface area contributed by atoms with Gasteiger partial charge in [-0.1, -0.05) is 24.3 Å². The maximum absolute atomic E-state index is 13.5. The Morgan fingerprint density at radius 3 is 2.42 bits per heavy atom. The monoisotopic (exact) mass is 449 g/mol. The van der Waals surface area contributed by atoms with Crippen LogP contribution in [0.25, 0.3) is 11.4 Å². The predicted octanol–water partition coefficient (Wildman–Crippen LogP) is 5.86. The molecule has 0 spiro atoms. The lowest BCUT2D eigenvalue weighted by atomic mass is 10.1. The third-order valence-electron chi connectivity index (χ3n) is 4.73. The topological polar surface area (TPSA) is 79.8 Å². The van der Waals surface area contributed by atoms with E-state index in [1.807, 2.05) is 0 Å². The largest absolute Gasteiger partial charge is 0.433 e. The summed E-state index contributed by atoms with van der Waals surface area (Å²) < 4.78 is 40.4. The smallest absolute Gasteiger partial charge is 0.340 e. The normalized spacial score (nSPS) is 11.2. The maximum atomic E-state index is 13.5. The number of pyridine rings is 1. The van der Waals surface area contributed by atoms with E-state index in [2.05, 4.69) is 25.6 Å². The van der Waals surface area contributed by atoms with Crippen molar-refractivity contribution < 1.29 is 18.0 Å². The molecule has 9 heteroatoms. The molecule has 33 heavy (non-hydrogen) atoms. The van der Waals surface area contributed by atoms with E-state index in [9.17, 15) is 18.0 Å². The molecule has 0 unspecified atom stereocenters. The first-order chi connectivity index (χ1) is 15.8. The summed E-state index contributed by atoms with van der Waals surface area (Å²) in [5, 5.41) is 5.71. The summed E-state index contributed by atoms with van der Waals surface area (Å²) in [5.41, 5.74) is 1.48. The molecule has 166 valence electrons. The van der Waals surface area contributed by atoms with Crippen molar-refractivity contribution in [1.82, 2.24) is 15.0 Å². The van der Waals surface area contributed by atoms with Gasteiger partial charge in [0.2, 0.25) is 0 Å². The highest BCUT2D eigenvalue weighted by atomic mass is 19.4. The number of alkyl halides is 3. The second-order valence-corrected chi connectivity index (χ2v) is 7.18. The first kappa shape index (κ1) is 21.9. The minimum absolute atomic E-state index is 0.0363. The van der Waals surface area contributed by atoms with Gasteiger partial charge in [0.25, 0.3) is 5.91 Å². The molecule has 0 aliphatic carbocycles. The molecule has 0 fully saturated rings. The molecule has 0 radical (unpaired) electrons. The summed E-state index contributed by atoms with van der Waals surface area (Å²) in [6.07, 6.45) is -1.75. The lowest BCUT2D eigenvalue weighted by Crippen LogP contribution is -2.12. The van der Waals surface area contributed by atoms with Gasteiger partial charge in [0, 0.05) is 41.0 Å². The Bertz CT molecular complexity index is 1280. The van der Waals surface area contributed by atoms with Crippen molar-refractivity contribution >= 4 is 23.1 Å². The number of benzene rings is 2. The average molecular weight is 449 g/mol. The van der Waals surface area contributed by atoms with Gasteiger partial charge >= 0.3 is 6.18 Å². The van der Waals surface area contributed by atoms with Crippen LogP contribution in [0.3, 0.4) is 0 Å². The van der Waals surface area contributed by atoms with Crippen molar-refractivity contribution in [3.8, 4) is 11.4 Å². The number of nitrogens with zero attached hydrogens (tertiary/aromatic N) is 3. The molecule has 2 aromatic heterocycles. The van der Waals surface area contributed by atoms with Gasteiger partial charge < -0.3 is 10.6 Å². The number of anilines is 3. The van der Waals surface area contributed by atoms with Crippen molar-refractivity contribution in [2.75, 3.05) is 10.6 Å². The van der Waals surface area contributed by atoms with Gasteiger partial charge in [-0.25, -0.2) is 9.97 Å². The van der Waals surface area contributed by atoms with Crippen LogP contribution >= 0.6 is 0 Å². The predicted molar refractivity (Wildman–Crippen MR) is 119 cm³/mol. The van der Waals surface area contributed by atoms with Crippen LogP contribution in [0.2, 0.25) is 0 Å². The maximum Gasteiger partial charge on any atom is 0.433 e. The Kier molecular flexibility index (Phi) is 6.03. The van der Waals surface area contributed by atoms with Gasteiger partial charge in [0.05, 0.1) is 0 Å². The van der Waals surface area contributed by atoms with E-state index < -0.39 is 11.9 Å². The molecular weight excluding hydrogens is 431 g/mol. The first-order valence-electron chi connectivity index (χ1n) is 9.90. The highest BCUT2D eigenvalue weighted by Crippen LogP contribution is 2.32. The molecule has 2 heterocycles. The molecule has 0 saturated carbocycles. The fraction of sp³-hybridized carbons (Fsp3) is 0.0833. The third-order valence-corrected chi connectivity index (χ3v) is 4.73. The lowest BCUT2D eigenvalue weighted by Gasteiger charge is -2.14. The molecule has 0 aliphatic rings. The first-order valence-corrected chi connectivity index (χ1v) is 9.90. The number of aryl methyl sites for hydroxylation is 1. The molecule has 0 aliphatic heterocycles. The summed E-state index contributed by atoms with van der Waals surface area (Å²) in [7, 11) is 0. The summed E-state index contributed by atoms with van der Waals surface area (Å²) >= 11 is 0. The van der Waals surface area contributed by atoms with E-state index in [4.69, 9.17) is 0 Å². The van der Waals surface area contributed by atoms with E-state index in [-0.39, 0.29) is 17.5 Å². The highest BCUT2D eigenvalue weighted by molar-refractivity contribution is 6.04. The number of rotatable bonds is 5. The standard InChI is InChI=1S/C24H18F3N5O/c1-15-9-10-18(29-23(33)16-6-3-2-4-7-16)12-19(15)30-21-13-20(24(25,26)27)31-22(32-21)17-8-5-11-28-14-17/h2-14H,1H3,(H,29,33)(H,30,31,32). The Morgan fingerprint density at radius 2 is 1.73 bits per heavy atom. The molecular formula is C24H18F3N5O. The second kappa shape index (κ2) is 9.07. The number of aromatic nitrogens is 3. The molecule has 0 bridgehead atoms. The molecule has 1 amide bonds. The summed E-state index contributed by atoms with van der Waals surface area (Å²) in [6.45, 7) is 1.79. The summed E-state index contributed by atoms with van der Waals surface area (Å²) in [4.78, 5) is 24.3. The SMILES string of the molecule is Cc1ccc(NC(=O)c2ccccc2)cc1Nc1cc(C(F)(F)F)nc(-c2cccnc2)n1. The van der Waals surface area contributed by atoms with Crippen molar-refractivity contribution in [2.24, 2.45) is 0 Å². The van der Waals surface area contributed by atoms with Gasteiger partial charge in [0.15, 0.2) is 11.5 Å². The zero-order valence-corrected chi connectivity index (χ0v) is 17.4. The van der Waals surface area contributed by atoms with Crippen LogP contribution < -0.4 is 10.6 Å². The molecule has 4 rings (SSSR count). The van der Waals surface area contributed by atoms with E-state index >= 15 is 0 Å². The van der Waals surface area contributed by atoms with E-state index in [1.54, 1.807) is 67.6 Å². The number of hydrogen-bond acceptors (Lipinski definition) is 5. The third kappa shape index (κ3) is 5.32. The average Bonchev–Trinajstić information content (AvgIpc) is 2.81. The molecule has 4 aromatic rings. The molecule has 0 saturated heterocycles. The fourth-order valence-corrected chi connectivity index (χ4v) is 3.05. The zero-order chi connectivity index (χ0) is 23.4. The molecule has 2 aromatic carbocycles. The van der Waals surface area contributed by atoms with Crippen molar-refractivity contribution in [2.45, 2.75) is 13.1 Å². The highest BCUT2D eigenvalue weighted by Gasteiger charge is 2.34. The van der Waals surface area contributed by atoms with Crippen LogP contribution in [0.5, 0.6) is 0 Å². The second-order valence-electron chi connectivity index (χ2n) is 7.18. The van der Waals surface area contributed by atoms with E-state index in [0.717, 1.165) is 11.6 Å². The zero-order valence-electron chi connectivity index (χ0n) is 17.4. The van der Waals surface area contributed by atoms with Gasteiger partial charge in [-0.3, -0.25) is 9.78 Å². The number of amides is 1. The van der Waals surface area contributed by atoms with Crippen LogP contribution in [-0.4, -0.2) is 20.9 Å². The summed E-state index contributed by atoms with van der Waals surface area (Å²) in [6, 6.07) is 17.8. The van der Waals surface area contributed by atoms with Gasteiger partial charge in [-0.15, -0.1) is 0 Å². The number of carbonyl (C=O) groups is 1. The van der Waals surface area contributed by atoms with Crippen LogP contribution in [0.15, 0.2) is 79.1 Å².